The number of anilines is 1. The third-order valence-corrected chi connectivity index (χ3v) is 8.52. The fraction of sp³-hybridized carbons (Fsp3) is 0.148. The number of halogens is 4. The molecule has 1 aromatic heterocycles. The third-order valence-electron chi connectivity index (χ3n) is 5.59. The van der Waals surface area contributed by atoms with Gasteiger partial charge in [-0.15, -0.1) is 0 Å². The minimum absolute atomic E-state index is 0.0472. The zero-order valence-electron chi connectivity index (χ0n) is 20.6. The quantitative estimate of drug-likeness (QED) is 0.229. The summed E-state index contributed by atoms with van der Waals surface area (Å²) in [5.41, 5.74) is 0.457. The summed E-state index contributed by atoms with van der Waals surface area (Å²) in [7, 11) is -3.38. The van der Waals surface area contributed by atoms with Gasteiger partial charge in [0.1, 0.15) is 11.4 Å². The second-order valence-corrected chi connectivity index (χ2v) is 12.0. The fourth-order valence-corrected chi connectivity index (χ4v) is 5.55. The van der Waals surface area contributed by atoms with Gasteiger partial charge in [-0.1, -0.05) is 54.1 Å². The molecular formula is C27H19ClF3N3O4S2. The van der Waals surface area contributed by atoms with Gasteiger partial charge in [0, 0.05) is 5.56 Å². The lowest BCUT2D eigenvalue weighted by Gasteiger charge is -2.11. The first-order valence-electron chi connectivity index (χ1n) is 11.6. The largest absolute Gasteiger partial charge is 0.444 e. The maximum Gasteiger partial charge on any atom is 0.417 e. The van der Waals surface area contributed by atoms with E-state index in [1.54, 1.807) is 18.2 Å². The smallest absolute Gasteiger partial charge is 0.417 e. The van der Waals surface area contributed by atoms with E-state index in [1.807, 2.05) is 6.07 Å². The van der Waals surface area contributed by atoms with Crippen LogP contribution >= 0.6 is 22.9 Å². The van der Waals surface area contributed by atoms with Crippen molar-refractivity contribution in [2.24, 2.45) is 0 Å². The number of sulfone groups is 1. The van der Waals surface area contributed by atoms with E-state index in [2.05, 4.69) is 10.3 Å². The van der Waals surface area contributed by atoms with Gasteiger partial charge in [-0.05, 0) is 48.0 Å². The highest BCUT2D eigenvalue weighted by atomic mass is 35.5. The van der Waals surface area contributed by atoms with Crippen LogP contribution in [0.3, 0.4) is 0 Å². The second kappa shape index (κ2) is 11.7. The Balaban J connectivity index is 1.62. The van der Waals surface area contributed by atoms with Gasteiger partial charge in [-0.3, -0.25) is 4.79 Å². The first kappa shape index (κ1) is 29.1. The zero-order valence-corrected chi connectivity index (χ0v) is 23.0. The first-order valence-corrected chi connectivity index (χ1v) is 14.4. The normalized spacial score (nSPS) is 11.6. The molecule has 0 aliphatic heterocycles. The van der Waals surface area contributed by atoms with Crippen LogP contribution in [0.5, 0.6) is 10.8 Å². The summed E-state index contributed by atoms with van der Waals surface area (Å²) in [6.45, 7) is 1.54. The molecule has 1 N–H and O–H groups in total. The lowest BCUT2D eigenvalue weighted by atomic mass is 10.1. The van der Waals surface area contributed by atoms with E-state index in [1.165, 1.54) is 43.3 Å². The topological polar surface area (TPSA) is 109 Å². The Hall–Kier alpha value is -3.92. The summed E-state index contributed by atoms with van der Waals surface area (Å²) in [6, 6.07) is 17.4. The molecule has 0 saturated heterocycles. The number of carbonyl (C=O) groups excluding carboxylic acids is 1. The molecule has 0 bridgehead atoms. The van der Waals surface area contributed by atoms with Crippen LogP contribution in [-0.2, 0) is 27.2 Å². The molecular weight excluding hydrogens is 587 g/mol. The number of amides is 1. The Bertz CT molecular complexity index is 1710. The van der Waals surface area contributed by atoms with Crippen molar-refractivity contribution >= 4 is 43.8 Å². The van der Waals surface area contributed by atoms with Crippen LogP contribution in [0.25, 0.3) is 11.3 Å². The van der Waals surface area contributed by atoms with Crippen molar-refractivity contribution in [1.82, 2.24) is 4.98 Å². The van der Waals surface area contributed by atoms with Crippen molar-refractivity contribution in [2.45, 2.75) is 24.4 Å². The van der Waals surface area contributed by atoms with E-state index in [0.29, 0.717) is 16.7 Å². The number of benzene rings is 3. The number of nitriles is 1. The van der Waals surface area contributed by atoms with Crippen molar-refractivity contribution in [2.75, 3.05) is 11.1 Å². The van der Waals surface area contributed by atoms with E-state index >= 15 is 0 Å². The molecule has 13 heteroatoms. The summed E-state index contributed by atoms with van der Waals surface area (Å²) >= 11 is 6.60. The molecule has 7 nitrogen and oxygen atoms in total. The summed E-state index contributed by atoms with van der Waals surface area (Å²) in [5, 5.41) is 11.6. The summed E-state index contributed by atoms with van der Waals surface area (Å²) in [5.74, 6) is -0.665. The number of hydrogen-bond acceptors (Lipinski definition) is 7. The maximum atomic E-state index is 13.4. The van der Waals surface area contributed by atoms with Crippen LogP contribution in [0.4, 0.5) is 18.3 Å². The number of aromatic nitrogens is 1. The number of alkyl halides is 3. The van der Waals surface area contributed by atoms with E-state index in [-0.39, 0.29) is 38.7 Å². The maximum absolute atomic E-state index is 13.4. The van der Waals surface area contributed by atoms with Crippen LogP contribution in [-0.4, -0.2) is 25.1 Å². The Morgan fingerprint density at radius 2 is 1.85 bits per heavy atom. The molecule has 40 heavy (non-hydrogen) atoms. The molecule has 1 heterocycles. The van der Waals surface area contributed by atoms with Gasteiger partial charge in [0.2, 0.25) is 11.0 Å². The Labute approximate surface area is 236 Å². The van der Waals surface area contributed by atoms with Crippen LogP contribution < -0.4 is 10.1 Å². The zero-order chi connectivity index (χ0) is 29.1. The van der Waals surface area contributed by atoms with Gasteiger partial charge < -0.3 is 10.1 Å². The van der Waals surface area contributed by atoms with Crippen LogP contribution in [0.15, 0.2) is 71.6 Å². The molecule has 0 aliphatic carbocycles. The fourth-order valence-electron chi connectivity index (χ4n) is 3.57. The highest BCUT2D eigenvalue weighted by Gasteiger charge is 2.34. The van der Waals surface area contributed by atoms with Crippen molar-refractivity contribution < 1.29 is 31.1 Å². The summed E-state index contributed by atoms with van der Waals surface area (Å²) in [6.07, 6.45) is -4.79. The summed E-state index contributed by atoms with van der Waals surface area (Å²) in [4.78, 5) is 17.3. The van der Waals surface area contributed by atoms with Crippen molar-refractivity contribution in [1.29, 1.82) is 5.26 Å². The number of hydrogen-bond donors (Lipinski definition) is 1. The molecule has 0 saturated carbocycles. The monoisotopic (exact) mass is 605 g/mol. The van der Waals surface area contributed by atoms with Gasteiger partial charge >= 0.3 is 6.18 Å². The predicted molar refractivity (Wildman–Crippen MR) is 145 cm³/mol. The van der Waals surface area contributed by atoms with Gasteiger partial charge in [0.05, 0.1) is 39.3 Å². The predicted octanol–water partition coefficient (Wildman–Crippen LogP) is 7.12. The number of nitrogens with zero attached hydrogens (tertiary/aromatic N) is 2. The minimum Gasteiger partial charge on any atom is -0.444 e. The highest BCUT2D eigenvalue weighted by Crippen LogP contribution is 2.43. The van der Waals surface area contributed by atoms with E-state index in [0.717, 1.165) is 23.5 Å². The highest BCUT2D eigenvalue weighted by molar-refractivity contribution is 7.91. The minimum atomic E-state index is -4.70. The molecule has 4 rings (SSSR count). The SMILES string of the molecule is CCS(=O)(=O)c1ccc(CC(=O)Nc2nc(-c3cccc(C#N)c3)c(Oc3ccc(Cl)c(C(F)(F)F)c3)s2)cc1. The van der Waals surface area contributed by atoms with Crippen LogP contribution in [0.1, 0.15) is 23.6 Å². The van der Waals surface area contributed by atoms with Crippen LogP contribution in [0, 0.1) is 11.3 Å². The van der Waals surface area contributed by atoms with Gasteiger partial charge in [0.15, 0.2) is 15.0 Å². The van der Waals surface area contributed by atoms with E-state index in [4.69, 9.17) is 16.3 Å². The Kier molecular flexibility index (Phi) is 8.48. The average molecular weight is 606 g/mol. The molecule has 0 fully saturated rings. The second-order valence-electron chi connectivity index (χ2n) is 8.36. The molecule has 0 unspecified atom stereocenters. The molecule has 3 aromatic carbocycles. The van der Waals surface area contributed by atoms with Gasteiger partial charge in [0.25, 0.3) is 0 Å². The number of rotatable bonds is 8. The molecule has 206 valence electrons. The number of nitrogens with one attached hydrogen (secondary N) is 1. The number of thiazole rings is 1. The standard InChI is InChI=1S/C27H19ClF3N3O4S2/c1-2-40(36,37)20-9-6-16(7-10-20)13-23(35)33-26-34-24(18-5-3-4-17(12-18)15-32)25(39-26)38-19-8-11-22(28)21(14-19)27(29,30)31/h3-12,14H,2,13H2,1H3,(H,33,34,35). The number of ether oxygens (including phenoxy) is 1. The van der Waals surface area contributed by atoms with Crippen LogP contribution in [0.2, 0.25) is 5.02 Å². The lowest BCUT2D eigenvalue weighted by molar-refractivity contribution is -0.137. The van der Waals surface area contributed by atoms with Crippen molar-refractivity contribution in [3.8, 4) is 28.1 Å². The first-order chi connectivity index (χ1) is 18.9. The Morgan fingerprint density at radius 1 is 1.12 bits per heavy atom. The molecule has 0 radical (unpaired) electrons. The van der Waals surface area contributed by atoms with E-state index < -0.39 is 32.5 Å². The molecule has 4 aromatic rings. The third kappa shape index (κ3) is 6.80. The molecule has 1 amide bonds. The van der Waals surface area contributed by atoms with Crippen molar-refractivity contribution in [3.63, 3.8) is 0 Å². The molecule has 0 atom stereocenters. The van der Waals surface area contributed by atoms with Crippen molar-refractivity contribution in [3.05, 3.63) is 88.4 Å². The Morgan fingerprint density at radius 3 is 2.50 bits per heavy atom. The lowest BCUT2D eigenvalue weighted by Crippen LogP contribution is -2.14. The van der Waals surface area contributed by atoms with Gasteiger partial charge in [-0.25, -0.2) is 13.4 Å². The molecule has 0 aliphatic rings. The number of carbonyl (C=O) groups is 1. The van der Waals surface area contributed by atoms with E-state index in [9.17, 15) is 31.6 Å². The van der Waals surface area contributed by atoms with Gasteiger partial charge in [-0.2, -0.15) is 18.4 Å². The molecule has 0 spiro atoms. The average Bonchev–Trinajstić information content (AvgIpc) is 3.31. The summed E-state index contributed by atoms with van der Waals surface area (Å²) < 4.78 is 69.9.